The van der Waals surface area contributed by atoms with Crippen LogP contribution in [0.25, 0.3) is 10.1 Å². The van der Waals surface area contributed by atoms with Crippen LogP contribution in [-0.2, 0) is 9.53 Å². The fraction of sp³-hybridized carbons (Fsp3) is 0.545. The molecule has 1 aliphatic carbocycles. The van der Waals surface area contributed by atoms with Crippen LogP contribution in [-0.4, -0.2) is 48.9 Å². The lowest BCUT2D eigenvalue weighted by molar-refractivity contribution is -0.697. The van der Waals surface area contributed by atoms with Crippen molar-refractivity contribution in [1.82, 2.24) is 0 Å². The highest BCUT2D eigenvalue weighted by Crippen LogP contribution is 2.44. The Labute approximate surface area is 194 Å². The van der Waals surface area contributed by atoms with Crippen LogP contribution in [0.5, 0.6) is 5.75 Å². The molecule has 2 aromatic rings. The van der Waals surface area contributed by atoms with Gasteiger partial charge < -0.3 is 25.2 Å². The zero-order chi connectivity index (χ0) is 22.4. The van der Waals surface area contributed by atoms with Crippen LogP contribution in [0, 0.1) is 0 Å². The molecule has 0 saturated heterocycles. The first-order chi connectivity index (χ1) is 14.9. The average molecular weight is 514 g/mol. The number of aliphatic hydroxyl groups excluding tert-OH is 1. The number of aliphatic hydroxyl groups is 1. The highest BCUT2D eigenvalue weighted by Gasteiger charge is 2.25. The quantitative estimate of drug-likeness (QED) is 0.445. The van der Waals surface area contributed by atoms with E-state index in [2.05, 4.69) is 26.6 Å². The van der Waals surface area contributed by atoms with E-state index in [1.165, 1.54) is 50.4 Å². The van der Waals surface area contributed by atoms with Gasteiger partial charge in [0.1, 0.15) is 29.8 Å². The summed E-state index contributed by atoms with van der Waals surface area (Å²) in [5, 5.41) is 16.5. The summed E-state index contributed by atoms with van der Waals surface area (Å²) in [6, 6.07) is 4.18. The summed E-state index contributed by atoms with van der Waals surface area (Å²) < 4.78 is 12.6. The Morgan fingerprint density at radius 1 is 1.32 bits per heavy atom. The van der Waals surface area contributed by atoms with Gasteiger partial charge in [-0.25, -0.2) is 4.79 Å². The Bertz CT molecular complexity index is 926. The number of thiophene rings is 1. The molecule has 1 aromatic carbocycles. The van der Waals surface area contributed by atoms with Crippen LogP contribution < -0.4 is 15.4 Å². The number of fused-ring (bicyclic) bond motifs is 1. The summed E-state index contributed by atoms with van der Waals surface area (Å²) >= 11 is 4.77. The molecule has 4 N–H and O–H groups in total. The molecule has 1 atom stereocenters. The van der Waals surface area contributed by atoms with Crippen LogP contribution in [0.2, 0.25) is 0 Å². The molecule has 1 fully saturated rings. The van der Waals surface area contributed by atoms with Crippen molar-refractivity contribution >= 4 is 54.2 Å². The molecule has 1 saturated carbocycles. The number of halogens is 1. The summed E-state index contributed by atoms with van der Waals surface area (Å²) in [7, 11) is 0. The molecule has 1 heterocycles. The normalized spacial score (nSPS) is 15.6. The van der Waals surface area contributed by atoms with E-state index in [1.54, 1.807) is 19.1 Å². The number of ether oxygens (including phenoxy) is 2. The number of esters is 1. The predicted octanol–water partition coefficient (Wildman–Crippen LogP) is 3.43. The molecule has 7 nitrogen and oxygen atoms in total. The maximum absolute atomic E-state index is 12.6. The Kier molecular flexibility index (Phi) is 8.71. The van der Waals surface area contributed by atoms with Crippen molar-refractivity contribution < 1.29 is 29.5 Å². The molecular formula is C22H30BrN2O5S+. The Hall–Kier alpha value is -1.68. The van der Waals surface area contributed by atoms with Crippen molar-refractivity contribution in [2.75, 3.05) is 25.1 Å². The molecule has 0 unspecified atom stereocenters. The molecule has 9 heteroatoms. The standard InChI is InChI=1S/C22H29BrN2O5S/c1-3-29-22(28)18-16-9-10-17(23)19(20(16)31-21(18)25-13(2)26)30-12-15(27)11-24-14-7-5-4-6-8-14/h9-10,14-15,24,27H,3-8,11-12H2,1-2H3,(H,25,26)/p+1/t15-/m1/s1. The van der Waals surface area contributed by atoms with E-state index in [1.807, 2.05) is 0 Å². The number of benzene rings is 1. The van der Waals surface area contributed by atoms with Crippen molar-refractivity contribution in [3.8, 4) is 5.75 Å². The van der Waals surface area contributed by atoms with Gasteiger partial charge in [0.25, 0.3) is 0 Å². The van der Waals surface area contributed by atoms with Crippen LogP contribution >= 0.6 is 27.3 Å². The van der Waals surface area contributed by atoms with E-state index in [-0.39, 0.29) is 19.1 Å². The number of amides is 1. The van der Waals surface area contributed by atoms with Gasteiger partial charge in [0.05, 0.1) is 21.8 Å². The molecule has 0 aliphatic heterocycles. The van der Waals surface area contributed by atoms with Gasteiger partial charge in [-0.3, -0.25) is 4.79 Å². The van der Waals surface area contributed by atoms with Crippen LogP contribution in [0.4, 0.5) is 5.00 Å². The average Bonchev–Trinajstić information content (AvgIpc) is 3.09. The first kappa shape index (κ1) is 24.0. The van der Waals surface area contributed by atoms with E-state index in [0.29, 0.717) is 39.0 Å². The molecule has 170 valence electrons. The van der Waals surface area contributed by atoms with Crippen molar-refractivity contribution in [2.24, 2.45) is 0 Å². The van der Waals surface area contributed by atoms with E-state index >= 15 is 0 Å². The van der Waals surface area contributed by atoms with Gasteiger partial charge in [0.2, 0.25) is 5.91 Å². The number of hydrogen-bond donors (Lipinski definition) is 3. The van der Waals surface area contributed by atoms with Gasteiger partial charge >= 0.3 is 5.97 Å². The van der Waals surface area contributed by atoms with E-state index < -0.39 is 12.1 Å². The lowest BCUT2D eigenvalue weighted by Gasteiger charge is -2.21. The van der Waals surface area contributed by atoms with Gasteiger partial charge in [-0.1, -0.05) is 12.5 Å². The van der Waals surface area contributed by atoms with Gasteiger partial charge in [-0.2, -0.15) is 0 Å². The molecule has 31 heavy (non-hydrogen) atoms. The van der Waals surface area contributed by atoms with Crippen molar-refractivity contribution in [3.63, 3.8) is 0 Å². The first-order valence-electron chi connectivity index (χ1n) is 10.7. The summed E-state index contributed by atoms with van der Waals surface area (Å²) in [5.41, 5.74) is 0.320. The predicted molar refractivity (Wildman–Crippen MR) is 125 cm³/mol. The second-order valence-electron chi connectivity index (χ2n) is 7.80. The number of carbonyl (C=O) groups excluding carboxylic acids is 2. The zero-order valence-electron chi connectivity index (χ0n) is 17.9. The molecular weight excluding hydrogens is 484 g/mol. The number of carbonyl (C=O) groups is 2. The summed E-state index contributed by atoms with van der Waals surface area (Å²) in [6.07, 6.45) is 5.64. The van der Waals surface area contributed by atoms with Crippen molar-refractivity contribution in [1.29, 1.82) is 0 Å². The lowest BCUT2D eigenvalue weighted by atomic mass is 9.95. The Balaban J connectivity index is 1.78. The lowest BCUT2D eigenvalue weighted by Crippen LogP contribution is -2.92. The van der Waals surface area contributed by atoms with Crippen LogP contribution in [0.3, 0.4) is 0 Å². The fourth-order valence-electron chi connectivity index (χ4n) is 3.87. The highest BCUT2D eigenvalue weighted by molar-refractivity contribution is 9.10. The Morgan fingerprint density at radius 3 is 2.74 bits per heavy atom. The summed E-state index contributed by atoms with van der Waals surface area (Å²) in [4.78, 5) is 24.2. The molecule has 1 aliphatic rings. The SMILES string of the molecule is CCOC(=O)c1c(NC(C)=O)sc2c(OC[C@H](O)C[NH2+]C3CCCCC3)c(Br)ccc12. The topological polar surface area (TPSA) is 101 Å². The molecule has 0 radical (unpaired) electrons. The third-order valence-electron chi connectivity index (χ3n) is 5.35. The molecule has 1 amide bonds. The third-order valence-corrected chi connectivity index (χ3v) is 7.09. The van der Waals surface area contributed by atoms with E-state index in [4.69, 9.17) is 9.47 Å². The number of nitrogens with two attached hydrogens (primary N) is 1. The number of hydrogen-bond acceptors (Lipinski definition) is 6. The molecule has 1 aromatic heterocycles. The van der Waals surface area contributed by atoms with Gasteiger partial charge in [0, 0.05) is 12.3 Å². The van der Waals surface area contributed by atoms with Crippen LogP contribution in [0.1, 0.15) is 56.3 Å². The van der Waals surface area contributed by atoms with Gasteiger partial charge in [0.15, 0.2) is 5.75 Å². The fourth-order valence-corrected chi connectivity index (χ4v) is 5.68. The van der Waals surface area contributed by atoms with Crippen LogP contribution in [0.15, 0.2) is 16.6 Å². The summed E-state index contributed by atoms with van der Waals surface area (Å²) in [5.74, 6) is -0.221. The zero-order valence-corrected chi connectivity index (χ0v) is 20.3. The second kappa shape index (κ2) is 11.3. The van der Waals surface area contributed by atoms with Gasteiger partial charge in [-0.05, 0) is 54.6 Å². The maximum Gasteiger partial charge on any atom is 0.341 e. The highest BCUT2D eigenvalue weighted by atomic mass is 79.9. The maximum atomic E-state index is 12.6. The van der Waals surface area contributed by atoms with Gasteiger partial charge in [-0.15, -0.1) is 11.3 Å². The number of anilines is 1. The first-order valence-corrected chi connectivity index (χ1v) is 12.4. The minimum atomic E-state index is -0.608. The monoisotopic (exact) mass is 513 g/mol. The molecule has 0 bridgehead atoms. The largest absolute Gasteiger partial charge is 0.488 e. The smallest absolute Gasteiger partial charge is 0.341 e. The second-order valence-corrected chi connectivity index (χ2v) is 9.67. The van der Waals surface area contributed by atoms with E-state index in [9.17, 15) is 14.7 Å². The number of nitrogens with one attached hydrogen (secondary N) is 1. The number of rotatable bonds is 9. The molecule has 0 spiro atoms. The molecule has 3 rings (SSSR count). The minimum Gasteiger partial charge on any atom is -0.488 e. The summed E-state index contributed by atoms with van der Waals surface area (Å²) in [6.45, 7) is 4.10. The third kappa shape index (κ3) is 6.19. The van der Waals surface area contributed by atoms with E-state index in [0.717, 1.165) is 4.47 Å². The number of quaternary nitrogens is 1. The minimum absolute atomic E-state index is 0.142. The van der Waals surface area contributed by atoms with Crippen molar-refractivity contribution in [3.05, 3.63) is 22.2 Å². The van der Waals surface area contributed by atoms with Crippen molar-refractivity contribution in [2.45, 2.75) is 58.1 Å². The Morgan fingerprint density at radius 2 is 2.06 bits per heavy atom.